The first kappa shape index (κ1) is 9.94. The third-order valence-electron chi connectivity index (χ3n) is 2.29. The lowest BCUT2D eigenvalue weighted by atomic mass is 10.1. The number of rotatable bonds is 2. The number of para-hydroxylation sites is 1. The molecule has 1 aromatic heterocycles. The van der Waals surface area contributed by atoms with Crippen LogP contribution in [-0.4, -0.2) is 4.98 Å². The van der Waals surface area contributed by atoms with E-state index in [1.807, 2.05) is 24.3 Å². The Labute approximate surface area is 93.7 Å². The van der Waals surface area contributed by atoms with Crippen molar-refractivity contribution in [3.05, 3.63) is 53.7 Å². The minimum Gasteiger partial charge on any atom is -0.248 e. The Morgan fingerprint density at radius 2 is 1.87 bits per heavy atom. The molecule has 1 heterocycles. The molecule has 2 aromatic rings. The van der Waals surface area contributed by atoms with Gasteiger partial charge >= 0.3 is 0 Å². The summed E-state index contributed by atoms with van der Waals surface area (Å²) in [5, 5.41) is 1.63. The van der Waals surface area contributed by atoms with Crippen LogP contribution in [0.3, 0.4) is 0 Å². The van der Waals surface area contributed by atoms with E-state index >= 15 is 0 Å². The number of hydrogen-bond donors (Lipinski definition) is 0. The van der Waals surface area contributed by atoms with Gasteiger partial charge in [0.25, 0.3) is 0 Å². The minimum atomic E-state index is 0.686. The summed E-state index contributed by atoms with van der Waals surface area (Å²) < 4.78 is 0. The van der Waals surface area contributed by atoms with E-state index in [9.17, 15) is 0 Å². The van der Waals surface area contributed by atoms with E-state index in [1.165, 1.54) is 0 Å². The molecule has 0 radical (unpaired) electrons. The molecular formula is C13H10ClN. The Morgan fingerprint density at radius 3 is 2.53 bits per heavy atom. The van der Waals surface area contributed by atoms with Gasteiger partial charge in [-0.25, -0.2) is 4.98 Å². The summed E-state index contributed by atoms with van der Waals surface area (Å²) in [6.45, 7) is 7.45. The van der Waals surface area contributed by atoms with Crippen LogP contribution in [0.1, 0.15) is 11.3 Å². The summed E-state index contributed by atoms with van der Waals surface area (Å²) in [6.07, 6.45) is 3.40. The molecule has 2 heteroatoms. The molecule has 0 unspecified atom stereocenters. The molecule has 74 valence electrons. The van der Waals surface area contributed by atoms with Crippen molar-refractivity contribution in [2.45, 2.75) is 0 Å². The first-order chi connectivity index (χ1) is 7.27. The van der Waals surface area contributed by atoms with Gasteiger partial charge in [-0.15, -0.1) is 0 Å². The van der Waals surface area contributed by atoms with Crippen LogP contribution in [0.5, 0.6) is 0 Å². The number of benzene rings is 1. The van der Waals surface area contributed by atoms with Crippen molar-refractivity contribution in [1.29, 1.82) is 0 Å². The molecule has 0 spiro atoms. The van der Waals surface area contributed by atoms with Gasteiger partial charge in [0.2, 0.25) is 0 Å². The number of aromatic nitrogens is 1. The number of hydrogen-bond acceptors (Lipinski definition) is 1. The molecule has 0 aliphatic rings. The minimum absolute atomic E-state index is 0.686. The zero-order valence-electron chi connectivity index (χ0n) is 8.20. The SMILES string of the molecule is C=Cc1nc2ccccc2c(Cl)c1C=C. The summed E-state index contributed by atoms with van der Waals surface area (Å²) in [7, 11) is 0. The molecule has 0 aliphatic heterocycles. The van der Waals surface area contributed by atoms with Gasteiger partial charge < -0.3 is 0 Å². The van der Waals surface area contributed by atoms with Crippen LogP contribution < -0.4 is 0 Å². The Hall–Kier alpha value is -1.60. The zero-order valence-corrected chi connectivity index (χ0v) is 8.96. The van der Waals surface area contributed by atoms with Crippen LogP contribution in [0, 0.1) is 0 Å². The second-order valence-electron chi connectivity index (χ2n) is 3.15. The maximum atomic E-state index is 6.27. The summed E-state index contributed by atoms with van der Waals surface area (Å²) in [5.41, 5.74) is 2.49. The zero-order chi connectivity index (χ0) is 10.8. The third-order valence-corrected chi connectivity index (χ3v) is 2.70. The molecule has 2 rings (SSSR count). The van der Waals surface area contributed by atoms with Gasteiger partial charge in [0.15, 0.2) is 0 Å². The lowest BCUT2D eigenvalue weighted by molar-refractivity contribution is 1.36. The van der Waals surface area contributed by atoms with Crippen LogP contribution in [0.15, 0.2) is 37.4 Å². The fourth-order valence-corrected chi connectivity index (χ4v) is 1.89. The normalized spacial score (nSPS) is 10.2. The topological polar surface area (TPSA) is 12.9 Å². The molecule has 0 amide bonds. The van der Waals surface area contributed by atoms with E-state index in [0.717, 1.165) is 22.2 Å². The van der Waals surface area contributed by atoms with E-state index in [4.69, 9.17) is 11.6 Å². The summed E-state index contributed by atoms with van der Waals surface area (Å²) in [5.74, 6) is 0. The predicted molar refractivity (Wildman–Crippen MR) is 66.9 cm³/mol. The second kappa shape index (κ2) is 3.87. The molecule has 0 saturated heterocycles. The fourth-order valence-electron chi connectivity index (χ4n) is 1.55. The van der Waals surface area contributed by atoms with Gasteiger partial charge in [-0.05, 0) is 12.1 Å². The molecule has 0 fully saturated rings. The van der Waals surface area contributed by atoms with Crippen molar-refractivity contribution in [3.63, 3.8) is 0 Å². The monoisotopic (exact) mass is 215 g/mol. The van der Waals surface area contributed by atoms with E-state index in [2.05, 4.69) is 18.1 Å². The largest absolute Gasteiger partial charge is 0.248 e. The lowest BCUT2D eigenvalue weighted by Gasteiger charge is -2.07. The highest BCUT2D eigenvalue weighted by atomic mass is 35.5. The van der Waals surface area contributed by atoms with Crippen LogP contribution in [0.4, 0.5) is 0 Å². The average molecular weight is 216 g/mol. The number of pyridine rings is 1. The average Bonchev–Trinajstić information content (AvgIpc) is 2.29. The van der Waals surface area contributed by atoms with Gasteiger partial charge in [0, 0.05) is 10.9 Å². The smallest absolute Gasteiger partial charge is 0.0724 e. The van der Waals surface area contributed by atoms with Crippen molar-refractivity contribution in [1.82, 2.24) is 4.98 Å². The van der Waals surface area contributed by atoms with Gasteiger partial charge in [-0.2, -0.15) is 0 Å². The fraction of sp³-hybridized carbons (Fsp3) is 0. The number of halogens is 1. The van der Waals surface area contributed by atoms with E-state index < -0.39 is 0 Å². The summed E-state index contributed by atoms with van der Waals surface area (Å²) >= 11 is 6.27. The first-order valence-corrected chi connectivity index (χ1v) is 4.99. The van der Waals surface area contributed by atoms with Crippen molar-refractivity contribution >= 4 is 34.7 Å². The standard InChI is InChI=1S/C13H10ClN/c1-3-9-11(4-2)15-12-8-6-5-7-10(12)13(9)14/h3-8H,1-2H2. The Kier molecular flexibility index (Phi) is 2.57. The highest BCUT2D eigenvalue weighted by Gasteiger charge is 2.08. The molecule has 0 aliphatic carbocycles. The maximum absolute atomic E-state index is 6.27. The molecular weight excluding hydrogens is 206 g/mol. The molecule has 0 bridgehead atoms. The first-order valence-electron chi connectivity index (χ1n) is 4.61. The lowest BCUT2D eigenvalue weighted by Crippen LogP contribution is -1.90. The highest BCUT2D eigenvalue weighted by molar-refractivity contribution is 6.37. The van der Waals surface area contributed by atoms with E-state index in [1.54, 1.807) is 12.2 Å². The molecule has 0 saturated carbocycles. The van der Waals surface area contributed by atoms with Gasteiger partial charge in [0.1, 0.15) is 0 Å². The van der Waals surface area contributed by atoms with Crippen molar-refractivity contribution in [2.24, 2.45) is 0 Å². The quantitative estimate of drug-likeness (QED) is 0.733. The summed E-state index contributed by atoms with van der Waals surface area (Å²) in [4.78, 5) is 4.45. The molecule has 0 atom stereocenters. The van der Waals surface area contributed by atoms with Crippen molar-refractivity contribution in [2.75, 3.05) is 0 Å². The Morgan fingerprint density at radius 1 is 1.13 bits per heavy atom. The van der Waals surface area contributed by atoms with Crippen LogP contribution in [0.2, 0.25) is 5.02 Å². The molecule has 0 N–H and O–H groups in total. The maximum Gasteiger partial charge on any atom is 0.0724 e. The van der Waals surface area contributed by atoms with Gasteiger partial charge in [-0.3, -0.25) is 0 Å². The van der Waals surface area contributed by atoms with Crippen molar-refractivity contribution in [3.8, 4) is 0 Å². The number of nitrogens with zero attached hydrogens (tertiary/aromatic N) is 1. The Balaban J connectivity index is 2.93. The van der Waals surface area contributed by atoms with Gasteiger partial charge in [-0.1, -0.05) is 49.0 Å². The molecule has 1 nitrogen and oxygen atoms in total. The van der Waals surface area contributed by atoms with E-state index in [0.29, 0.717) is 5.02 Å². The second-order valence-corrected chi connectivity index (χ2v) is 3.53. The summed E-state index contributed by atoms with van der Waals surface area (Å²) in [6, 6.07) is 7.76. The van der Waals surface area contributed by atoms with Crippen LogP contribution in [-0.2, 0) is 0 Å². The van der Waals surface area contributed by atoms with Crippen molar-refractivity contribution < 1.29 is 0 Å². The third kappa shape index (κ3) is 1.55. The molecule has 15 heavy (non-hydrogen) atoms. The Bertz CT molecular complexity index is 543. The van der Waals surface area contributed by atoms with Gasteiger partial charge in [0.05, 0.1) is 16.2 Å². The number of fused-ring (bicyclic) bond motifs is 1. The van der Waals surface area contributed by atoms with E-state index in [-0.39, 0.29) is 0 Å². The van der Waals surface area contributed by atoms with Crippen LogP contribution in [0.25, 0.3) is 23.1 Å². The van der Waals surface area contributed by atoms with Crippen LogP contribution >= 0.6 is 11.6 Å². The molecule has 1 aromatic carbocycles. The predicted octanol–water partition coefficient (Wildman–Crippen LogP) is 4.17. The highest BCUT2D eigenvalue weighted by Crippen LogP contribution is 2.29.